The molecule has 2 rings (SSSR count). The van der Waals surface area contributed by atoms with Gasteiger partial charge in [0.15, 0.2) is 5.96 Å². The third-order valence-corrected chi connectivity index (χ3v) is 4.77. The van der Waals surface area contributed by atoms with E-state index in [4.69, 9.17) is 4.98 Å². The maximum Gasteiger partial charge on any atom is 0.194 e. The smallest absolute Gasteiger partial charge is 0.194 e. The number of benzene rings is 1. The lowest BCUT2D eigenvalue weighted by Crippen LogP contribution is -2.38. The van der Waals surface area contributed by atoms with Crippen LogP contribution in [0.25, 0.3) is 0 Å². The molecule has 2 aromatic rings. The number of rotatable bonds is 4. The Hall–Kier alpha value is -1.88. The van der Waals surface area contributed by atoms with Crippen LogP contribution < -0.4 is 5.32 Å². The van der Waals surface area contributed by atoms with Crippen molar-refractivity contribution >= 4 is 17.3 Å². The zero-order valence-electron chi connectivity index (χ0n) is 14.6. The van der Waals surface area contributed by atoms with E-state index in [1.807, 2.05) is 20.2 Å². The average molecular weight is 331 g/mol. The largest absolute Gasteiger partial charge is 0.351 e. The third-order valence-electron chi connectivity index (χ3n) is 3.46. The molecule has 4 nitrogen and oxygen atoms in total. The molecule has 1 aromatic heterocycles. The van der Waals surface area contributed by atoms with Gasteiger partial charge in [-0.05, 0) is 5.56 Å². The van der Waals surface area contributed by atoms with Crippen LogP contribution in [0.5, 0.6) is 0 Å². The summed E-state index contributed by atoms with van der Waals surface area (Å²) in [5.74, 6) is 0.874. The van der Waals surface area contributed by atoms with Crippen molar-refractivity contribution in [2.45, 2.75) is 39.3 Å². The molecule has 0 atom stereocenters. The molecule has 0 radical (unpaired) electrons. The molecule has 0 saturated carbocycles. The summed E-state index contributed by atoms with van der Waals surface area (Å²) in [6, 6.07) is 10.4. The topological polar surface area (TPSA) is 40.5 Å². The molecule has 5 heteroatoms. The minimum Gasteiger partial charge on any atom is -0.351 e. The SMILES string of the molecule is CN=C(NCc1csc(C(C)(C)C)n1)N(C)Cc1ccccc1. The highest BCUT2D eigenvalue weighted by Crippen LogP contribution is 2.25. The fraction of sp³-hybridized carbons (Fsp3) is 0.444. The minimum atomic E-state index is 0.106. The van der Waals surface area contributed by atoms with E-state index in [0.717, 1.165) is 18.2 Å². The summed E-state index contributed by atoms with van der Waals surface area (Å²) < 4.78 is 0. The summed E-state index contributed by atoms with van der Waals surface area (Å²) in [5, 5.41) is 6.68. The zero-order chi connectivity index (χ0) is 16.9. The van der Waals surface area contributed by atoms with Gasteiger partial charge in [-0.15, -0.1) is 11.3 Å². The van der Waals surface area contributed by atoms with E-state index in [1.54, 1.807) is 11.3 Å². The van der Waals surface area contributed by atoms with Crippen molar-refractivity contribution in [3.05, 3.63) is 52.0 Å². The Morgan fingerprint density at radius 1 is 1.26 bits per heavy atom. The summed E-state index contributed by atoms with van der Waals surface area (Å²) in [4.78, 5) is 11.2. The highest BCUT2D eigenvalue weighted by Gasteiger charge is 2.18. The standard InChI is InChI=1S/C18H26N4S/c1-18(2,3)16-21-15(13-23-16)11-20-17(19-4)22(5)12-14-9-7-6-8-10-14/h6-10,13H,11-12H2,1-5H3,(H,19,20). The first-order chi connectivity index (χ1) is 10.9. The van der Waals surface area contributed by atoms with Crippen LogP contribution in [0.4, 0.5) is 0 Å². The van der Waals surface area contributed by atoms with E-state index in [9.17, 15) is 0 Å². The van der Waals surface area contributed by atoms with Crippen LogP contribution in [0.3, 0.4) is 0 Å². The van der Waals surface area contributed by atoms with Gasteiger partial charge in [0.05, 0.1) is 17.2 Å². The second-order valence-electron chi connectivity index (χ2n) is 6.64. The molecule has 1 heterocycles. The fourth-order valence-corrected chi connectivity index (χ4v) is 3.13. The van der Waals surface area contributed by atoms with E-state index >= 15 is 0 Å². The Morgan fingerprint density at radius 3 is 2.52 bits per heavy atom. The van der Waals surface area contributed by atoms with Gasteiger partial charge in [-0.1, -0.05) is 51.1 Å². The van der Waals surface area contributed by atoms with Gasteiger partial charge in [-0.2, -0.15) is 0 Å². The third kappa shape index (κ3) is 5.06. The van der Waals surface area contributed by atoms with Crippen LogP contribution in [0, 0.1) is 0 Å². The average Bonchev–Trinajstić information content (AvgIpc) is 2.98. The van der Waals surface area contributed by atoms with Crippen molar-refractivity contribution in [1.82, 2.24) is 15.2 Å². The van der Waals surface area contributed by atoms with Gasteiger partial charge in [0.2, 0.25) is 0 Å². The lowest BCUT2D eigenvalue weighted by atomic mass is 9.98. The molecule has 23 heavy (non-hydrogen) atoms. The molecule has 0 aliphatic rings. The molecule has 0 fully saturated rings. The van der Waals surface area contributed by atoms with E-state index in [-0.39, 0.29) is 5.41 Å². The normalized spacial score (nSPS) is 12.3. The molecule has 0 bridgehead atoms. The highest BCUT2D eigenvalue weighted by molar-refractivity contribution is 7.09. The predicted molar refractivity (Wildman–Crippen MR) is 98.9 cm³/mol. The number of nitrogens with zero attached hydrogens (tertiary/aromatic N) is 3. The van der Waals surface area contributed by atoms with E-state index < -0.39 is 0 Å². The number of aromatic nitrogens is 1. The van der Waals surface area contributed by atoms with E-state index in [2.05, 4.69) is 65.6 Å². The van der Waals surface area contributed by atoms with Crippen molar-refractivity contribution in [2.24, 2.45) is 4.99 Å². The summed E-state index contributed by atoms with van der Waals surface area (Å²) in [6.45, 7) is 8.09. The monoisotopic (exact) mass is 330 g/mol. The van der Waals surface area contributed by atoms with Crippen LogP contribution in [0.2, 0.25) is 0 Å². The fourth-order valence-electron chi connectivity index (χ4n) is 2.22. The van der Waals surface area contributed by atoms with Gasteiger partial charge < -0.3 is 10.2 Å². The summed E-state index contributed by atoms with van der Waals surface area (Å²) in [7, 11) is 3.86. The Bertz CT molecular complexity index is 641. The molecule has 0 saturated heterocycles. The Morgan fingerprint density at radius 2 is 1.96 bits per heavy atom. The Labute approximate surface area is 143 Å². The van der Waals surface area contributed by atoms with Crippen LogP contribution in [-0.4, -0.2) is 29.9 Å². The van der Waals surface area contributed by atoms with Crippen molar-refractivity contribution in [2.75, 3.05) is 14.1 Å². The van der Waals surface area contributed by atoms with Crippen LogP contribution in [0.15, 0.2) is 40.7 Å². The minimum absolute atomic E-state index is 0.106. The summed E-state index contributed by atoms with van der Waals surface area (Å²) in [5.41, 5.74) is 2.44. The van der Waals surface area contributed by atoms with Crippen LogP contribution in [-0.2, 0) is 18.5 Å². The maximum atomic E-state index is 4.71. The molecule has 0 unspecified atom stereocenters. The molecular weight excluding hydrogens is 304 g/mol. The zero-order valence-corrected chi connectivity index (χ0v) is 15.4. The lowest BCUT2D eigenvalue weighted by Gasteiger charge is -2.22. The molecule has 1 N–H and O–H groups in total. The number of thiazole rings is 1. The highest BCUT2D eigenvalue weighted by atomic mass is 32.1. The predicted octanol–water partition coefficient (Wildman–Crippen LogP) is 3.65. The van der Waals surface area contributed by atoms with Crippen molar-refractivity contribution < 1.29 is 0 Å². The van der Waals surface area contributed by atoms with E-state index in [0.29, 0.717) is 6.54 Å². The Balaban J connectivity index is 1.93. The maximum absolute atomic E-state index is 4.71. The molecular formula is C18H26N4S. The first-order valence-corrected chi connectivity index (χ1v) is 8.68. The number of hydrogen-bond acceptors (Lipinski definition) is 3. The lowest BCUT2D eigenvalue weighted by molar-refractivity contribution is 0.476. The van der Waals surface area contributed by atoms with E-state index in [1.165, 1.54) is 10.6 Å². The van der Waals surface area contributed by atoms with Crippen molar-refractivity contribution in [1.29, 1.82) is 0 Å². The van der Waals surface area contributed by atoms with Crippen molar-refractivity contribution in [3.63, 3.8) is 0 Å². The summed E-state index contributed by atoms with van der Waals surface area (Å²) in [6.07, 6.45) is 0. The van der Waals surface area contributed by atoms with Crippen molar-refractivity contribution in [3.8, 4) is 0 Å². The molecule has 0 aliphatic heterocycles. The Kier molecular flexibility index (Phi) is 5.77. The second kappa shape index (κ2) is 7.59. The molecule has 0 aliphatic carbocycles. The van der Waals surface area contributed by atoms with Crippen LogP contribution in [0.1, 0.15) is 37.0 Å². The number of guanidine groups is 1. The van der Waals surface area contributed by atoms with Gasteiger partial charge in [-0.3, -0.25) is 4.99 Å². The number of aliphatic imine (C=N–C) groups is 1. The molecule has 0 spiro atoms. The van der Waals surface area contributed by atoms with Gasteiger partial charge in [0.25, 0.3) is 0 Å². The first kappa shape index (κ1) is 17.5. The molecule has 0 amide bonds. The van der Waals surface area contributed by atoms with Gasteiger partial charge in [-0.25, -0.2) is 4.98 Å². The van der Waals surface area contributed by atoms with Gasteiger partial charge >= 0.3 is 0 Å². The number of hydrogen-bond donors (Lipinski definition) is 1. The second-order valence-corrected chi connectivity index (χ2v) is 7.49. The molecule has 1 aromatic carbocycles. The van der Waals surface area contributed by atoms with Crippen LogP contribution >= 0.6 is 11.3 Å². The van der Waals surface area contributed by atoms with Gasteiger partial charge in [0, 0.05) is 31.4 Å². The summed E-state index contributed by atoms with van der Waals surface area (Å²) >= 11 is 1.72. The van der Waals surface area contributed by atoms with Gasteiger partial charge in [0.1, 0.15) is 0 Å². The first-order valence-electron chi connectivity index (χ1n) is 7.80. The molecule has 124 valence electrons. The number of nitrogens with one attached hydrogen (secondary N) is 1. The quantitative estimate of drug-likeness (QED) is 0.687.